The molecule has 2 N–H and O–H groups in total. The van der Waals surface area contributed by atoms with Crippen LogP contribution in [0, 0.1) is 6.92 Å². The number of para-hydroxylation sites is 1. The number of nitrogens with one attached hydrogen (secondary N) is 2. The van der Waals surface area contributed by atoms with E-state index in [0.717, 1.165) is 11.4 Å². The molecule has 0 saturated carbocycles. The van der Waals surface area contributed by atoms with Crippen molar-refractivity contribution in [3.05, 3.63) is 66.2 Å². The fourth-order valence-electron chi connectivity index (χ4n) is 2.43. The third-order valence-electron chi connectivity index (χ3n) is 3.59. The normalized spacial score (nSPS) is 11.9. The van der Waals surface area contributed by atoms with E-state index in [2.05, 4.69) is 15.7 Å². The molecule has 0 aliphatic rings. The van der Waals surface area contributed by atoms with Crippen LogP contribution in [0.25, 0.3) is 5.69 Å². The number of benzene rings is 1. The van der Waals surface area contributed by atoms with Crippen molar-refractivity contribution in [1.82, 2.24) is 15.1 Å². The number of carbonyl (C=O) groups excluding carboxylic acids is 1. The lowest BCUT2D eigenvalue weighted by atomic mass is 10.2. The first-order chi connectivity index (χ1) is 12.2. The van der Waals surface area contributed by atoms with Crippen molar-refractivity contribution in [3.8, 4) is 5.69 Å². The van der Waals surface area contributed by atoms with E-state index in [1.807, 2.05) is 49.4 Å². The van der Waals surface area contributed by atoms with E-state index >= 15 is 0 Å². The molecule has 0 bridgehead atoms. The summed E-state index contributed by atoms with van der Waals surface area (Å²) in [6, 6.07) is 14.3. The molecule has 2 aromatic heterocycles. The van der Waals surface area contributed by atoms with Crippen molar-refractivity contribution in [1.29, 1.82) is 0 Å². The van der Waals surface area contributed by atoms with E-state index in [0.29, 0.717) is 18.2 Å². The SMILES string of the molecule is COCC(NC(=O)Nc1ccn(-c2ccccc2)n1)c1ccc(C)o1. The minimum Gasteiger partial charge on any atom is -0.464 e. The van der Waals surface area contributed by atoms with E-state index in [-0.39, 0.29) is 12.1 Å². The predicted molar refractivity (Wildman–Crippen MR) is 93.8 cm³/mol. The van der Waals surface area contributed by atoms with Crippen LogP contribution in [0.3, 0.4) is 0 Å². The molecule has 130 valence electrons. The Morgan fingerprint density at radius 3 is 2.72 bits per heavy atom. The number of hydrogen-bond donors (Lipinski definition) is 2. The molecule has 7 nitrogen and oxygen atoms in total. The zero-order chi connectivity index (χ0) is 17.6. The van der Waals surface area contributed by atoms with Gasteiger partial charge in [-0.1, -0.05) is 18.2 Å². The van der Waals surface area contributed by atoms with E-state index in [1.54, 1.807) is 24.1 Å². The van der Waals surface area contributed by atoms with Crippen molar-refractivity contribution in [2.45, 2.75) is 13.0 Å². The third-order valence-corrected chi connectivity index (χ3v) is 3.59. The number of hydrogen-bond acceptors (Lipinski definition) is 4. The molecule has 0 saturated heterocycles. The van der Waals surface area contributed by atoms with E-state index < -0.39 is 0 Å². The average molecular weight is 340 g/mol. The van der Waals surface area contributed by atoms with Gasteiger partial charge in [-0.2, -0.15) is 0 Å². The highest BCUT2D eigenvalue weighted by atomic mass is 16.5. The summed E-state index contributed by atoms with van der Waals surface area (Å²) in [4.78, 5) is 12.3. The van der Waals surface area contributed by atoms with Gasteiger partial charge < -0.3 is 14.5 Å². The van der Waals surface area contributed by atoms with Crippen molar-refractivity contribution in [2.24, 2.45) is 0 Å². The molecule has 3 rings (SSSR count). The average Bonchev–Trinajstić information content (AvgIpc) is 3.24. The number of aromatic nitrogens is 2. The Balaban J connectivity index is 1.64. The van der Waals surface area contributed by atoms with Crippen molar-refractivity contribution in [3.63, 3.8) is 0 Å². The summed E-state index contributed by atoms with van der Waals surface area (Å²) < 4.78 is 12.4. The van der Waals surface area contributed by atoms with Crippen LogP contribution in [-0.2, 0) is 4.74 Å². The van der Waals surface area contributed by atoms with Gasteiger partial charge in [0.25, 0.3) is 0 Å². The predicted octanol–water partition coefficient (Wildman–Crippen LogP) is 3.28. The molecule has 0 aliphatic heterocycles. The Bertz CT molecular complexity index is 826. The summed E-state index contributed by atoms with van der Waals surface area (Å²) in [5.41, 5.74) is 0.916. The van der Waals surface area contributed by atoms with E-state index in [1.165, 1.54) is 0 Å². The van der Waals surface area contributed by atoms with Crippen molar-refractivity contribution >= 4 is 11.8 Å². The molecule has 0 fully saturated rings. The fourth-order valence-corrected chi connectivity index (χ4v) is 2.43. The Kier molecular flexibility index (Phi) is 5.15. The number of aryl methyl sites for hydroxylation is 1. The fraction of sp³-hybridized carbons (Fsp3) is 0.222. The monoisotopic (exact) mass is 340 g/mol. The number of furan rings is 1. The van der Waals surface area contributed by atoms with E-state index in [9.17, 15) is 4.79 Å². The minimum absolute atomic E-state index is 0.304. The molecule has 25 heavy (non-hydrogen) atoms. The van der Waals surface area contributed by atoms with Crippen LogP contribution in [0.2, 0.25) is 0 Å². The first-order valence-electron chi connectivity index (χ1n) is 7.89. The summed E-state index contributed by atoms with van der Waals surface area (Å²) in [5, 5.41) is 9.89. The Morgan fingerprint density at radius 2 is 2.04 bits per heavy atom. The summed E-state index contributed by atoms with van der Waals surface area (Å²) in [6.45, 7) is 2.16. The second-order valence-electron chi connectivity index (χ2n) is 5.54. The number of anilines is 1. The standard InChI is InChI=1S/C18H20N4O3/c1-13-8-9-16(25-13)15(12-24-2)19-18(23)20-17-10-11-22(21-17)14-6-4-3-5-7-14/h3-11,15H,12H2,1-2H3,(H2,19,20,21,23). The number of nitrogens with zero attached hydrogens (tertiary/aromatic N) is 2. The van der Waals surface area contributed by atoms with Gasteiger partial charge >= 0.3 is 6.03 Å². The molecule has 1 aromatic carbocycles. The number of ether oxygens (including phenoxy) is 1. The number of urea groups is 1. The maximum Gasteiger partial charge on any atom is 0.321 e. The second kappa shape index (κ2) is 7.67. The van der Waals surface area contributed by atoms with Crippen molar-refractivity contribution < 1.29 is 13.9 Å². The molecule has 1 atom stereocenters. The van der Waals surface area contributed by atoms with Crippen LogP contribution in [0.1, 0.15) is 17.6 Å². The molecule has 3 aromatic rings. The smallest absolute Gasteiger partial charge is 0.321 e. The Morgan fingerprint density at radius 1 is 1.24 bits per heavy atom. The van der Waals surface area contributed by atoms with Gasteiger partial charge in [-0.3, -0.25) is 5.32 Å². The van der Waals surface area contributed by atoms with Gasteiger partial charge in [0.1, 0.15) is 17.6 Å². The lowest BCUT2D eigenvalue weighted by molar-refractivity contribution is 0.158. The highest BCUT2D eigenvalue weighted by Crippen LogP contribution is 2.17. The van der Waals surface area contributed by atoms with Crippen molar-refractivity contribution in [2.75, 3.05) is 19.0 Å². The molecule has 1 unspecified atom stereocenters. The number of rotatable bonds is 6. The molecular formula is C18H20N4O3. The first kappa shape index (κ1) is 16.8. The van der Waals surface area contributed by atoms with Crippen LogP contribution < -0.4 is 10.6 Å². The number of amides is 2. The highest BCUT2D eigenvalue weighted by Gasteiger charge is 2.18. The number of methoxy groups -OCH3 is 1. The largest absolute Gasteiger partial charge is 0.464 e. The summed E-state index contributed by atoms with van der Waals surface area (Å²) in [7, 11) is 1.57. The Labute approximate surface area is 145 Å². The Hall–Kier alpha value is -3.06. The van der Waals surface area contributed by atoms with Gasteiger partial charge in [-0.25, -0.2) is 9.48 Å². The third kappa shape index (κ3) is 4.27. The number of carbonyl (C=O) groups is 1. The quantitative estimate of drug-likeness (QED) is 0.721. The molecular weight excluding hydrogens is 320 g/mol. The first-order valence-corrected chi connectivity index (χ1v) is 7.89. The summed E-state index contributed by atoms with van der Waals surface area (Å²) in [6.07, 6.45) is 1.79. The van der Waals surface area contributed by atoms with Gasteiger partial charge in [0.2, 0.25) is 0 Å². The molecule has 0 radical (unpaired) electrons. The van der Waals surface area contributed by atoms with Gasteiger partial charge in [0, 0.05) is 19.4 Å². The van der Waals surface area contributed by atoms with Gasteiger partial charge in [-0.05, 0) is 31.2 Å². The van der Waals surface area contributed by atoms with Gasteiger partial charge in [0.05, 0.1) is 12.3 Å². The van der Waals surface area contributed by atoms with Crippen LogP contribution in [0.15, 0.2) is 59.1 Å². The minimum atomic E-state index is -0.380. The zero-order valence-electron chi connectivity index (χ0n) is 14.1. The summed E-state index contributed by atoms with van der Waals surface area (Å²) >= 11 is 0. The van der Waals surface area contributed by atoms with E-state index in [4.69, 9.17) is 9.15 Å². The van der Waals surface area contributed by atoms with Crippen LogP contribution >= 0.6 is 0 Å². The maximum absolute atomic E-state index is 12.3. The molecule has 0 spiro atoms. The zero-order valence-corrected chi connectivity index (χ0v) is 14.1. The topological polar surface area (TPSA) is 81.3 Å². The van der Waals surface area contributed by atoms with Crippen LogP contribution in [0.5, 0.6) is 0 Å². The molecule has 2 amide bonds. The van der Waals surface area contributed by atoms with Gasteiger partial charge in [0.15, 0.2) is 5.82 Å². The molecule has 0 aliphatic carbocycles. The molecule has 2 heterocycles. The molecule has 7 heteroatoms. The maximum atomic E-state index is 12.3. The second-order valence-corrected chi connectivity index (χ2v) is 5.54. The van der Waals surface area contributed by atoms with Gasteiger partial charge in [-0.15, -0.1) is 5.10 Å². The summed E-state index contributed by atoms with van der Waals surface area (Å²) in [5.74, 6) is 1.87. The lowest BCUT2D eigenvalue weighted by Crippen LogP contribution is -2.34. The van der Waals surface area contributed by atoms with Crippen LogP contribution in [-0.4, -0.2) is 29.5 Å². The lowest BCUT2D eigenvalue weighted by Gasteiger charge is -2.15. The van der Waals surface area contributed by atoms with Crippen LogP contribution in [0.4, 0.5) is 10.6 Å². The highest BCUT2D eigenvalue weighted by molar-refractivity contribution is 5.88.